The Kier molecular flexibility index (Phi) is 5.23. The molecule has 0 fully saturated rings. The lowest BCUT2D eigenvalue weighted by Gasteiger charge is -2.38. The lowest BCUT2D eigenvalue weighted by molar-refractivity contribution is -0.0476. The Balaban J connectivity index is 3.27. The molecule has 0 saturated heterocycles. The quantitative estimate of drug-likeness (QED) is 0.843. The van der Waals surface area contributed by atoms with Gasteiger partial charge in [0.25, 0.3) is 0 Å². The number of ether oxygens (including phenoxy) is 1. The van der Waals surface area contributed by atoms with Gasteiger partial charge in [0.15, 0.2) is 0 Å². The van der Waals surface area contributed by atoms with Crippen molar-refractivity contribution in [1.29, 1.82) is 0 Å². The number of hydrogen-bond donors (Lipinski definition) is 1. The highest BCUT2D eigenvalue weighted by atomic mass is 19.1. The van der Waals surface area contributed by atoms with Crippen molar-refractivity contribution in [2.24, 2.45) is 0 Å². The van der Waals surface area contributed by atoms with Crippen molar-refractivity contribution < 1.29 is 13.5 Å². The maximum Gasteiger partial charge on any atom is 0.128 e. The maximum absolute atomic E-state index is 13.9. The number of hydrogen-bond acceptors (Lipinski definition) is 2. The van der Waals surface area contributed by atoms with E-state index in [0.717, 1.165) is 12.1 Å². The molecule has 0 aliphatic heterocycles. The third-order valence-electron chi connectivity index (χ3n) is 3.69. The van der Waals surface area contributed by atoms with E-state index in [-0.39, 0.29) is 6.04 Å². The molecule has 0 amide bonds. The number of likely N-dealkylation sites (N-methyl/N-ethyl adjacent to an activating group) is 1. The Hall–Kier alpha value is -1.00. The Bertz CT molecular complexity index is 383. The van der Waals surface area contributed by atoms with Crippen LogP contribution in [0.1, 0.15) is 38.3 Å². The first kappa shape index (κ1) is 15.1. The molecule has 1 aromatic rings. The van der Waals surface area contributed by atoms with Crippen LogP contribution in [0.5, 0.6) is 0 Å². The van der Waals surface area contributed by atoms with Crippen LogP contribution in [0.15, 0.2) is 18.2 Å². The second-order valence-electron chi connectivity index (χ2n) is 4.36. The highest BCUT2D eigenvalue weighted by Gasteiger charge is 2.37. The average molecular weight is 257 g/mol. The lowest BCUT2D eigenvalue weighted by atomic mass is 9.83. The van der Waals surface area contributed by atoms with Gasteiger partial charge in [0.2, 0.25) is 0 Å². The summed E-state index contributed by atoms with van der Waals surface area (Å²) in [7, 11) is 3.34. The van der Waals surface area contributed by atoms with Gasteiger partial charge in [0, 0.05) is 12.7 Å². The smallest absolute Gasteiger partial charge is 0.128 e. The second kappa shape index (κ2) is 6.25. The predicted octanol–water partition coefficient (Wildman–Crippen LogP) is 3.43. The lowest BCUT2D eigenvalue weighted by Crippen LogP contribution is -2.44. The van der Waals surface area contributed by atoms with E-state index in [1.807, 2.05) is 13.8 Å². The summed E-state index contributed by atoms with van der Waals surface area (Å²) in [5, 5.41) is 3.05. The van der Waals surface area contributed by atoms with Crippen molar-refractivity contribution >= 4 is 0 Å². The Morgan fingerprint density at radius 2 is 1.89 bits per heavy atom. The van der Waals surface area contributed by atoms with E-state index < -0.39 is 17.2 Å². The van der Waals surface area contributed by atoms with Crippen LogP contribution in [0.4, 0.5) is 8.78 Å². The van der Waals surface area contributed by atoms with Crippen molar-refractivity contribution in [2.75, 3.05) is 14.2 Å². The molecule has 0 saturated carbocycles. The molecule has 0 aliphatic rings. The summed E-state index contributed by atoms with van der Waals surface area (Å²) in [6.45, 7) is 3.96. The molecule has 1 unspecified atom stereocenters. The van der Waals surface area contributed by atoms with Crippen molar-refractivity contribution in [1.82, 2.24) is 5.32 Å². The SMILES string of the molecule is CCC(CC)(OC)C(NC)c1cc(F)ccc1F. The molecule has 0 aromatic heterocycles. The van der Waals surface area contributed by atoms with Crippen molar-refractivity contribution in [3.8, 4) is 0 Å². The highest BCUT2D eigenvalue weighted by Crippen LogP contribution is 2.35. The molecular formula is C14H21F2NO. The van der Waals surface area contributed by atoms with Gasteiger partial charge in [0.05, 0.1) is 11.6 Å². The van der Waals surface area contributed by atoms with Gasteiger partial charge < -0.3 is 10.1 Å². The number of nitrogens with one attached hydrogen (secondary N) is 1. The van der Waals surface area contributed by atoms with Gasteiger partial charge in [-0.25, -0.2) is 8.78 Å². The molecule has 2 nitrogen and oxygen atoms in total. The van der Waals surface area contributed by atoms with Crippen molar-refractivity contribution in [3.63, 3.8) is 0 Å². The normalized spacial score (nSPS) is 13.7. The van der Waals surface area contributed by atoms with Crippen LogP contribution in [0, 0.1) is 11.6 Å². The van der Waals surface area contributed by atoms with Gasteiger partial charge >= 0.3 is 0 Å². The minimum Gasteiger partial charge on any atom is -0.376 e. The van der Waals surface area contributed by atoms with Crippen molar-refractivity contribution in [3.05, 3.63) is 35.4 Å². The molecule has 1 aromatic carbocycles. The molecule has 0 heterocycles. The summed E-state index contributed by atoms with van der Waals surface area (Å²) < 4.78 is 32.8. The van der Waals surface area contributed by atoms with Gasteiger partial charge in [-0.1, -0.05) is 13.8 Å². The molecule has 1 N–H and O–H groups in total. The Morgan fingerprint density at radius 1 is 1.28 bits per heavy atom. The van der Waals surface area contributed by atoms with E-state index in [9.17, 15) is 8.78 Å². The summed E-state index contributed by atoms with van der Waals surface area (Å²) >= 11 is 0. The summed E-state index contributed by atoms with van der Waals surface area (Å²) in [6, 6.07) is 3.13. The van der Waals surface area contributed by atoms with E-state index in [2.05, 4.69) is 5.32 Å². The zero-order valence-corrected chi connectivity index (χ0v) is 11.4. The van der Waals surface area contributed by atoms with Crippen LogP contribution in [-0.2, 0) is 4.74 Å². The van der Waals surface area contributed by atoms with E-state index in [4.69, 9.17) is 4.74 Å². The fourth-order valence-corrected chi connectivity index (χ4v) is 2.50. The van der Waals surface area contributed by atoms with E-state index in [0.29, 0.717) is 18.4 Å². The molecule has 18 heavy (non-hydrogen) atoms. The van der Waals surface area contributed by atoms with Gasteiger partial charge in [-0.2, -0.15) is 0 Å². The maximum atomic E-state index is 13.9. The average Bonchev–Trinajstić information content (AvgIpc) is 2.39. The fraction of sp³-hybridized carbons (Fsp3) is 0.571. The Labute approximate surface area is 107 Å². The second-order valence-corrected chi connectivity index (χ2v) is 4.36. The van der Waals surface area contributed by atoms with Gasteiger partial charge in [-0.05, 0) is 38.1 Å². The minimum atomic E-state index is -0.538. The van der Waals surface area contributed by atoms with Crippen LogP contribution < -0.4 is 5.32 Å². The first-order valence-corrected chi connectivity index (χ1v) is 6.22. The largest absolute Gasteiger partial charge is 0.376 e. The fourth-order valence-electron chi connectivity index (χ4n) is 2.50. The minimum absolute atomic E-state index is 0.308. The Morgan fingerprint density at radius 3 is 2.33 bits per heavy atom. The third-order valence-corrected chi connectivity index (χ3v) is 3.69. The molecule has 0 aliphatic carbocycles. The monoisotopic (exact) mass is 257 g/mol. The van der Waals surface area contributed by atoms with Crippen LogP contribution in [0.3, 0.4) is 0 Å². The van der Waals surface area contributed by atoms with Crippen molar-refractivity contribution in [2.45, 2.75) is 38.3 Å². The first-order valence-electron chi connectivity index (χ1n) is 6.22. The molecule has 0 bridgehead atoms. The number of methoxy groups -OCH3 is 1. The van der Waals surface area contributed by atoms with Gasteiger partial charge in [-0.3, -0.25) is 0 Å². The molecule has 0 spiro atoms. The molecule has 0 radical (unpaired) electrons. The van der Waals surface area contributed by atoms with E-state index in [1.165, 1.54) is 6.07 Å². The van der Waals surface area contributed by atoms with Crippen LogP contribution in [0.25, 0.3) is 0 Å². The van der Waals surface area contributed by atoms with Gasteiger partial charge in [-0.15, -0.1) is 0 Å². The number of benzene rings is 1. The topological polar surface area (TPSA) is 21.3 Å². The van der Waals surface area contributed by atoms with Crippen LogP contribution in [0.2, 0.25) is 0 Å². The van der Waals surface area contributed by atoms with E-state index >= 15 is 0 Å². The zero-order valence-electron chi connectivity index (χ0n) is 11.4. The summed E-state index contributed by atoms with van der Waals surface area (Å²) in [6.07, 6.45) is 1.42. The molecule has 1 rings (SSSR count). The van der Waals surface area contributed by atoms with Crippen LogP contribution >= 0.6 is 0 Å². The van der Waals surface area contributed by atoms with E-state index in [1.54, 1.807) is 14.2 Å². The highest BCUT2D eigenvalue weighted by molar-refractivity contribution is 5.25. The molecule has 4 heteroatoms. The molecule has 102 valence electrons. The summed E-state index contributed by atoms with van der Waals surface area (Å²) in [4.78, 5) is 0. The number of rotatable bonds is 6. The number of halogens is 2. The van der Waals surface area contributed by atoms with Crippen LogP contribution in [-0.4, -0.2) is 19.8 Å². The standard InChI is InChI=1S/C14H21F2NO/c1-5-14(6-2,18-4)13(17-3)11-9-10(15)7-8-12(11)16/h7-9,13,17H,5-6H2,1-4H3. The third kappa shape index (κ3) is 2.70. The predicted molar refractivity (Wildman–Crippen MR) is 68.5 cm³/mol. The van der Waals surface area contributed by atoms with Gasteiger partial charge in [0.1, 0.15) is 11.6 Å². The summed E-state index contributed by atoms with van der Waals surface area (Å²) in [5.41, 5.74) is -0.230. The first-order chi connectivity index (χ1) is 8.54. The molecule has 1 atom stereocenters. The summed E-state index contributed by atoms with van der Waals surface area (Å²) in [5.74, 6) is -0.858. The molecular weight excluding hydrogens is 236 g/mol. The zero-order chi connectivity index (χ0) is 13.8.